The number of hydrogen-bond acceptors (Lipinski definition) is 5. The highest BCUT2D eigenvalue weighted by Gasteiger charge is 2.25. The lowest BCUT2D eigenvalue weighted by atomic mass is 9.96. The van der Waals surface area contributed by atoms with Gasteiger partial charge >= 0.3 is 5.97 Å². The third-order valence-corrected chi connectivity index (χ3v) is 5.85. The molecule has 1 N–H and O–H groups in total. The van der Waals surface area contributed by atoms with Gasteiger partial charge in [-0.15, -0.1) is 0 Å². The quantitative estimate of drug-likeness (QED) is 0.299. The van der Waals surface area contributed by atoms with E-state index in [-0.39, 0.29) is 12.0 Å². The van der Waals surface area contributed by atoms with Crippen LogP contribution < -0.4 is 9.62 Å². The van der Waals surface area contributed by atoms with E-state index in [0.717, 1.165) is 37.1 Å². The summed E-state index contributed by atoms with van der Waals surface area (Å²) in [5.74, 6) is -0.0879. The van der Waals surface area contributed by atoms with Crippen LogP contribution in [0.25, 0.3) is 0 Å². The zero-order valence-corrected chi connectivity index (χ0v) is 17.9. The van der Waals surface area contributed by atoms with Gasteiger partial charge in [-0.1, -0.05) is 56.4 Å². The summed E-state index contributed by atoms with van der Waals surface area (Å²) in [7, 11) is 2.08. The number of para-hydroxylation sites is 1. The van der Waals surface area contributed by atoms with Gasteiger partial charge in [-0.2, -0.15) is 0 Å². The van der Waals surface area contributed by atoms with Gasteiger partial charge in [0, 0.05) is 18.4 Å². The summed E-state index contributed by atoms with van der Waals surface area (Å²) in [6, 6.07) is 8.58. The molecule has 1 aliphatic rings. The van der Waals surface area contributed by atoms with Gasteiger partial charge in [0.15, 0.2) is 0 Å². The molecule has 0 aliphatic carbocycles. The van der Waals surface area contributed by atoms with E-state index in [4.69, 9.17) is 4.74 Å². The van der Waals surface area contributed by atoms with Crippen LogP contribution in [-0.2, 0) is 9.53 Å². The van der Waals surface area contributed by atoms with E-state index in [1.165, 1.54) is 16.8 Å². The van der Waals surface area contributed by atoms with Gasteiger partial charge in [0.25, 0.3) is 0 Å². The molecule has 0 aromatic heterocycles. The first-order chi connectivity index (χ1) is 13.6. The van der Waals surface area contributed by atoms with Crippen LogP contribution in [0.2, 0.25) is 0 Å². The van der Waals surface area contributed by atoms with E-state index in [9.17, 15) is 4.79 Å². The number of esters is 1. The minimum absolute atomic E-state index is 0.0879. The highest BCUT2D eigenvalue weighted by Crippen LogP contribution is 2.42. The third-order valence-electron chi connectivity index (χ3n) is 4.78. The second kappa shape index (κ2) is 11.8. The molecule has 1 heterocycles. The van der Waals surface area contributed by atoms with E-state index in [1.54, 1.807) is 11.9 Å². The lowest BCUT2D eigenvalue weighted by Gasteiger charge is -2.23. The molecule has 5 heteroatoms. The number of nitrogens with zero attached hydrogens (tertiary/aromatic N) is 1. The largest absolute Gasteiger partial charge is 0.466 e. The smallest absolute Gasteiger partial charge is 0.305 e. The molecule has 0 saturated heterocycles. The molecule has 1 atom stereocenters. The summed E-state index contributed by atoms with van der Waals surface area (Å²) < 4.78 is 7.16. The van der Waals surface area contributed by atoms with Gasteiger partial charge in [0.2, 0.25) is 0 Å². The maximum Gasteiger partial charge on any atom is 0.305 e. The number of carbonyl (C=O) groups is 1. The molecule has 0 radical (unpaired) electrons. The molecule has 1 aromatic rings. The van der Waals surface area contributed by atoms with Crippen molar-refractivity contribution in [2.24, 2.45) is 0 Å². The monoisotopic (exact) mass is 400 g/mol. The second-order valence-corrected chi connectivity index (χ2v) is 7.90. The van der Waals surface area contributed by atoms with Crippen LogP contribution in [0.4, 0.5) is 5.69 Å². The summed E-state index contributed by atoms with van der Waals surface area (Å²) in [5, 5.41) is 3.72. The summed E-state index contributed by atoms with van der Waals surface area (Å²) in [5.41, 5.74) is 3.63. The molecule has 1 aliphatic heterocycles. The van der Waals surface area contributed by atoms with Crippen molar-refractivity contribution in [3.63, 3.8) is 0 Å². The topological polar surface area (TPSA) is 41.6 Å². The van der Waals surface area contributed by atoms with Crippen LogP contribution in [-0.4, -0.2) is 26.2 Å². The Hall–Kier alpha value is -1.98. The van der Waals surface area contributed by atoms with Gasteiger partial charge < -0.3 is 14.4 Å². The average Bonchev–Trinajstić information content (AvgIpc) is 2.82. The Morgan fingerprint density at radius 2 is 1.96 bits per heavy atom. The van der Waals surface area contributed by atoms with Crippen LogP contribution in [0.5, 0.6) is 0 Å². The Morgan fingerprint density at radius 1 is 1.21 bits per heavy atom. The van der Waals surface area contributed by atoms with Crippen LogP contribution in [0.1, 0.15) is 50.6 Å². The van der Waals surface area contributed by atoms with Crippen LogP contribution in [0.3, 0.4) is 0 Å². The van der Waals surface area contributed by atoms with Crippen molar-refractivity contribution in [2.75, 3.05) is 24.5 Å². The molecule has 2 rings (SSSR count). The van der Waals surface area contributed by atoms with Gasteiger partial charge in [0.05, 0.1) is 18.3 Å². The number of ether oxygens (including phenoxy) is 1. The number of fused-ring (bicyclic) bond motifs is 1. The Balaban J connectivity index is 1.95. The average molecular weight is 401 g/mol. The van der Waals surface area contributed by atoms with Crippen molar-refractivity contribution in [1.29, 1.82) is 0 Å². The highest BCUT2D eigenvalue weighted by atomic mass is 32.2. The molecule has 0 bridgehead atoms. The predicted octanol–water partition coefficient (Wildman–Crippen LogP) is 5.56. The fourth-order valence-electron chi connectivity index (χ4n) is 3.40. The van der Waals surface area contributed by atoms with Crippen molar-refractivity contribution in [3.05, 3.63) is 65.6 Å². The Morgan fingerprint density at radius 3 is 2.68 bits per heavy atom. The molecule has 0 spiro atoms. The van der Waals surface area contributed by atoms with E-state index >= 15 is 0 Å². The van der Waals surface area contributed by atoms with Crippen molar-refractivity contribution >= 4 is 23.6 Å². The number of rotatable bonds is 11. The first kappa shape index (κ1) is 22.3. The van der Waals surface area contributed by atoms with E-state index in [2.05, 4.69) is 54.1 Å². The maximum absolute atomic E-state index is 11.4. The maximum atomic E-state index is 11.4. The number of hydrogen-bond donors (Lipinski definition) is 1. The molecule has 152 valence electrons. The minimum atomic E-state index is -0.0879. The number of carbonyl (C=O) groups excluding carboxylic acids is 1. The van der Waals surface area contributed by atoms with Crippen LogP contribution in [0, 0.1) is 0 Å². The lowest BCUT2D eigenvalue weighted by Crippen LogP contribution is -2.24. The van der Waals surface area contributed by atoms with E-state index < -0.39 is 0 Å². The fraction of sp³-hybridized carbons (Fsp3) is 0.435. The van der Waals surface area contributed by atoms with Gasteiger partial charge in [-0.25, -0.2) is 0 Å². The zero-order chi connectivity index (χ0) is 20.4. The number of anilines is 1. The van der Waals surface area contributed by atoms with Gasteiger partial charge in [-0.05, 0) is 55.5 Å². The van der Waals surface area contributed by atoms with Crippen molar-refractivity contribution in [3.8, 4) is 0 Å². The van der Waals surface area contributed by atoms with E-state index in [0.29, 0.717) is 13.0 Å². The molecule has 1 unspecified atom stereocenters. The fourth-order valence-corrected chi connectivity index (χ4v) is 4.34. The molecule has 4 nitrogen and oxygen atoms in total. The second-order valence-electron chi connectivity index (χ2n) is 6.73. The lowest BCUT2D eigenvalue weighted by molar-refractivity contribution is -0.143. The summed E-state index contributed by atoms with van der Waals surface area (Å²) in [4.78, 5) is 12.5. The number of allylic oxidation sites excluding steroid dienone is 1. The standard InChI is InChI=1S/C23H32N2O2S/c1-5-18-21(6-2)28-25(4)20-15-12-11-14-19(20)23(18)24-17-13-9-8-10-16-22(26)27-7-3/h5-6,11-12,14-15,23-24H,1-2,7-10,13,16-17H2,3-4H3. The molecular weight excluding hydrogens is 368 g/mol. The normalized spacial score (nSPS) is 16.4. The third kappa shape index (κ3) is 6.01. The molecule has 28 heavy (non-hydrogen) atoms. The Bertz CT molecular complexity index is 714. The van der Waals surface area contributed by atoms with Crippen molar-refractivity contribution in [2.45, 2.75) is 45.1 Å². The number of nitrogens with one attached hydrogen (secondary N) is 1. The summed E-state index contributed by atoms with van der Waals surface area (Å²) in [6.07, 6.45) is 8.47. The van der Waals surface area contributed by atoms with Gasteiger partial charge in [0.1, 0.15) is 0 Å². The SMILES string of the molecule is C=CC1=C(C=C)C(NCCCCCCC(=O)OCC)c2ccccc2N(C)S1. The molecule has 1 aromatic carbocycles. The molecular formula is C23H32N2O2S. The van der Waals surface area contributed by atoms with E-state index in [1.807, 2.05) is 19.1 Å². The molecule has 0 saturated carbocycles. The van der Waals surface area contributed by atoms with Gasteiger partial charge in [-0.3, -0.25) is 4.79 Å². The first-order valence-electron chi connectivity index (χ1n) is 10.0. The summed E-state index contributed by atoms with van der Waals surface area (Å²) in [6.45, 7) is 11.3. The molecule has 0 fully saturated rings. The number of unbranched alkanes of at least 4 members (excludes halogenated alkanes) is 3. The Kier molecular flexibility index (Phi) is 9.38. The minimum Gasteiger partial charge on any atom is -0.466 e. The number of benzene rings is 1. The Labute approximate surface area is 173 Å². The predicted molar refractivity (Wildman–Crippen MR) is 120 cm³/mol. The highest BCUT2D eigenvalue weighted by molar-refractivity contribution is 8.04. The summed E-state index contributed by atoms with van der Waals surface area (Å²) >= 11 is 1.68. The molecule has 0 amide bonds. The van der Waals surface area contributed by atoms with Crippen molar-refractivity contribution in [1.82, 2.24) is 5.32 Å². The van der Waals surface area contributed by atoms with Crippen LogP contribution in [0.15, 0.2) is 60.1 Å². The van der Waals surface area contributed by atoms with Crippen molar-refractivity contribution < 1.29 is 9.53 Å². The zero-order valence-electron chi connectivity index (χ0n) is 17.1. The first-order valence-corrected chi connectivity index (χ1v) is 10.8. The van der Waals surface area contributed by atoms with Crippen LogP contribution >= 0.6 is 11.9 Å².